The number of carbonyl (C=O) groups is 1. The highest BCUT2D eigenvalue weighted by molar-refractivity contribution is 7.22. The van der Waals surface area contributed by atoms with Gasteiger partial charge in [0, 0.05) is 6.07 Å². The number of fused-ring (bicyclic) bond motifs is 1. The number of nitrogens with zero attached hydrogens (tertiary/aromatic N) is 2. The number of para-hydroxylation sites is 1. The SMILES string of the molecule is Cc1cccc2sc(NC(=O)c3cc(-c4ccco4)[nH]n3)nc12. The molecule has 23 heavy (non-hydrogen) atoms. The van der Waals surface area contributed by atoms with Crippen LogP contribution in [0.1, 0.15) is 16.1 Å². The summed E-state index contributed by atoms with van der Waals surface area (Å²) < 4.78 is 6.31. The van der Waals surface area contributed by atoms with E-state index >= 15 is 0 Å². The fraction of sp³-hybridized carbons (Fsp3) is 0.0625. The number of thiazole rings is 1. The average Bonchev–Trinajstić information content (AvgIpc) is 3.27. The van der Waals surface area contributed by atoms with Gasteiger partial charge in [-0.3, -0.25) is 15.2 Å². The molecular formula is C16H12N4O2S. The lowest BCUT2D eigenvalue weighted by Crippen LogP contribution is -2.12. The van der Waals surface area contributed by atoms with E-state index in [-0.39, 0.29) is 11.6 Å². The predicted molar refractivity (Wildman–Crippen MR) is 88.6 cm³/mol. The van der Waals surface area contributed by atoms with E-state index in [1.54, 1.807) is 24.5 Å². The Kier molecular flexibility index (Phi) is 3.20. The molecule has 0 bridgehead atoms. The summed E-state index contributed by atoms with van der Waals surface area (Å²) in [5, 5.41) is 10.2. The minimum absolute atomic E-state index is 0.285. The van der Waals surface area contributed by atoms with Crippen molar-refractivity contribution in [3.63, 3.8) is 0 Å². The minimum Gasteiger partial charge on any atom is -0.463 e. The van der Waals surface area contributed by atoms with E-state index in [1.165, 1.54) is 11.3 Å². The number of hydrogen-bond acceptors (Lipinski definition) is 5. The van der Waals surface area contributed by atoms with Gasteiger partial charge >= 0.3 is 0 Å². The molecule has 1 amide bonds. The van der Waals surface area contributed by atoms with Crippen LogP contribution < -0.4 is 5.32 Å². The van der Waals surface area contributed by atoms with Crippen LogP contribution in [-0.2, 0) is 0 Å². The first kappa shape index (κ1) is 13.7. The Morgan fingerprint density at radius 3 is 3.00 bits per heavy atom. The van der Waals surface area contributed by atoms with Gasteiger partial charge in [0.15, 0.2) is 16.6 Å². The Hall–Kier alpha value is -2.93. The number of nitrogens with one attached hydrogen (secondary N) is 2. The molecule has 0 unspecified atom stereocenters. The Labute approximate surface area is 135 Å². The molecule has 0 atom stereocenters. The van der Waals surface area contributed by atoms with E-state index < -0.39 is 0 Å². The maximum absolute atomic E-state index is 12.3. The topological polar surface area (TPSA) is 83.8 Å². The monoisotopic (exact) mass is 324 g/mol. The van der Waals surface area contributed by atoms with Gasteiger partial charge in [0.1, 0.15) is 5.69 Å². The number of anilines is 1. The number of amides is 1. The molecule has 0 saturated heterocycles. The van der Waals surface area contributed by atoms with Crippen LogP contribution >= 0.6 is 11.3 Å². The molecule has 7 heteroatoms. The van der Waals surface area contributed by atoms with Crippen molar-refractivity contribution in [2.75, 3.05) is 5.32 Å². The number of carbonyl (C=O) groups excluding carboxylic acids is 1. The van der Waals surface area contributed by atoms with E-state index in [1.807, 2.05) is 25.1 Å². The summed E-state index contributed by atoms with van der Waals surface area (Å²) in [6, 6.07) is 11.2. The molecule has 6 nitrogen and oxygen atoms in total. The molecule has 0 radical (unpaired) electrons. The molecule has 4 aromatic rings. The third-order valence-corrected chi connectivity index (χ3v) is 4.37. The number of aryl methyl sites for hydroxylation is 1. The van der Waals surface area contributed by atoms with Gasteiger partial charge in [-0.2, -0.15) is 5.10 Å². The summed E-state index contributed by atoms with van der Waals surface area (Å²) in [5.74, 6) is 0.322. The van der Waals surface area contributed by atoms with Crippen LogP contribution in [0.25, 0.3) is 21.7 Å². The van der Waals surface area contributed by atoms with Gasteiger partial charge in [0.2, 0.25) is 0 Å². The lowest BCUT2D eigenvalue weighted by Gasteiger charge is -1.96. The molecule has 4 rings (SSSR count). The Balaban J connectivity index is 1.58. The van der Waals surface area contributed by atoms with Crippen molar-refractivity contribution in [2.45, 2.75) is 6.92 Å². The zero-order valence-electron chi connectivity index (χ0n) is 12.2. The van der Waals surface area contributed by atoms with Gasteiger partial charge in [-0.25, -0.2) is 4.98 Å². The van der Waals surface area contributed by atoms with Crippen molar-refractivity contribution < 1.29 is 9.21 Å². The molecular weight excluding hydrogens is 312 g/mol. The van der Waals surface area contributed by atoms with Crippen molar-refractivity contribution in [3.05, 3.63) is 53.9 Å². The molecule has 114 valence electrons. The third-order valence-electron chi connectivity index (χ3n) is 3.44. The summed E-state index contributed by atoms with van der Waals surface area (Å²) >= 11 is 1.44. The Morgan fingerprint density at radius 1 is 1.30 bits per heavy atom. The largest absolute Gasteiger partial charge is 0.463 e. The van der Waals surface area contributed by atoms with Gasteiger partial charge < -0.3 is 4.42 Å². The smallest absolute Gasteiger partial charge is 0.277 e. The van der Waals surface area contributed by atoms with Gasteiger partial charge in [0.25, 0.3) is 5.91 Å². The third kappa shape index (κ3) is 2.51. The van der Waals surface area contributed by atoms with Crippen LogP contribution in [0.2, 0.25) is 0 Å². The van der Waals surface area contributed by atoms with E-state index in [9.17, 15) is 4.79 Å². The highest BCUT2D eigenvalue weighted by atomic mass is 32.1. The fourth-order valence-corrected chi connectivity index (χ4v) is 3.24. The highest BCUT2D eigenvalue weighted by Gasteiger charge is 2.15. The number of H-pyrrole nitrogens is 1. The van der Waals surface area contributed by atoms with Crippen LogP contribution in [0.4, 0.5) is 5.13 Å². The first-order valence-corrected chi connectivity index (χ1v) is 7.79. The lowest BCUT2D eigenvalue weighted by atomic mass is 10.2. The van der Waals surface area contributed by atoms with Crippen molar-refractivity contribution in [1.29, 1.82) is 0 Å². The first-order valence-electron chi connectivity index (χ1n) is 6.97. The first-order chi connectivity index (χ1) is 11.2. The summed E-state index contributed by atoms with van der Waals surface area (Å²) in [6.45, 7) is 2.00. The summed E-state index contributed by atoms with van der Waals surface area (Å²) in [6.07, 6.45) is 1.57. The summed E-state index contributed by atoms with van der Waals surface area (Å²) in [5.41, 5.74) is 2.93. The number of aromatic nitrogens is 3. The van der Waals surface area contributed by atoms with Crippen molar-refractivity contribution in [1.82, 2.24) is 15.2 Å². The number of benzene rings is 1. The molecule has 1 aromatic carbocycles. The molecule has 2 N–H and O–H groups in total. The number of aromatic amines is 1. The quantitative estimate of drug-likeness (QED) is 0.599. The van der Waals surface area contributed by atoms with E-state index in [2.05, 4.69) is 20.5 Å². The number of hydrogen-bond donors (Lipinski definition) is 2. The van der Waals surface area contributed by atoms with Crippen LogP contribution in [0.3, 0.4) is 0 Å². The minimum atomic E-state index is -0.309. The lowest BCUT2D eigenvalue weighted by molar-refractivity contribution is 0.102. The Morgan fingerprint density at radius 2 is 2.22 bits per heavy atom. The van der Waals surface area contributed by atoms with Crippen LogP contribution in [0.15, 0.2) is 47.1 Å². The predicted octanol–water partition coefficient (Wildman–Crippen LogP) is 3.84. The standard InChI is InChI=1S/C16H12N4O2S/c1-9-4-2-6-13-14(9)17-16(23-13)18-15(21)11-8-10(19-20-11)12-5-3-7-22-12/h2-8H,1H3,(H,19,20)(H,17,18,21). The van der Waals surface area contributed by atoms with Gasteiger partial charge in [-0.1, -0.05) is 23.5 Å². The molecule has 0 fully saturated rings. The molecule has 0 aliphatic rings. The second kappa shape index (κ2) is 5.36. The van der Waals surface area contributed by atoms with Gasteiger partial charge in [-0.05, 0) is 30.7 Å². The molecule has 0 saturated carbocycles. The summed E-state index contributed by atoms with van der Waals surface area (Å²) in [4.78, 5) is 16.8. The van der Waals surface area contributed by atoms with Crippen molar-refractivity contribution in [2.24, 2.45) is 0 Å². The van der Waals surface area contributed by atoms with Crippen LogP contribution in [0.5, 0.6) is 0 Å². The average molecular weight is 324 g/mol. The van der Waals surface area contributed by atoms with E-state index in [4.69, 9.17) is 4.42 Å². The van der Waals surface area contributed by atoms with Crippen molar-refractivity contribution >= 4 is 32.6 Å². The number of furan rings is 1. The van der Waals surface area contributed by atoms with E-state index in [0.717, 1.165) is 15.8 Å². The molecule has 0 aliphatic carbocycles. The van der Waals surface area contributed by atoms with Crippen LogP contribution in [0, 0.1) is 6.92 Å². The molecule has 0 spiro atoms. The second-order valence-electron chi connectivity index (χ2n) is 5.04. The van der Waals surface area contributed by atoms with Gasteiger partial charge in [0.05, 0.1) is 16.5 Å². The van der Waals surface area contributed by atoms with Gasteiger partial charge in [-0.15, -0.1) is 0 Å². The fourth-order valence-electron chi connectivity index (χ4n) is 2.30. The zero-order chi connectivity index (χ0) is 15.8. The highest BCUT2D eigenvalue weighted by Crippen LogP contribution is 2.28. The Bertz CT molecular complexity index is 985. The normalized spacial score (nSPS) is 11.0. The summed E-state index contributed by atoms with van der Waals surface area (Å²) in [7, 11) is 0. The molecule has 3 heterocycles. The number of rotatable bonds is 3. The maximum atomic E-state index is 12.3. The maximum Gasteiger partial charge on any atom is 0.277 e. The van der Waals surface area contributed by atoms with E-state index in [0.29, 0.717) is 16.6 Å². The molecule has 0 aliphatic heterocycles. The zero-order valence-corrected chi connectivity index (χ0v) is 13.0. The second-order valence-corrected chi connectivity index (χ2v) is 6.07. The van der Waals surface area contributed by atoms with Crippen LogP contribution in [-0.4, -0.2) is 21.1 Å². The molecule has 3 aromatic heterocycles. The van der Waals surface area contributed by atoms with Crippen molar-refractivity contribution in [3.8, 4) is 11.5 Å².